The van der Waals surface area contributed by atoms with Gasteiger partial charge in [-0.2, -0.15) is 0 Å². The Morgan fingerprint density at radius 2 is 1.73 bits per heavy atom. The Morgan fingerprint density at radius 3 is 2.33 bits per heavy atom. The van der Waals surface area contributed by atoms with Crippen LogP contribution < -0.4 is 5.32 Å². The lowest BCUT2D eigenvalue weighted by Crippen LogP contribution is -2.37. The summed E-state index contributed by atoms with van der Waals surface area (Å²) in [6.07, 6.45) is 1.50. The van der Waals surface area contributed by atoms with Gasteiger partial charge in [-0.1, -0.05) is 43.6 Å². The number of esters is 1. The van der Waals surface area contributed by atoms with Gasteiger partial charge in [-0.25, -0.2) is 4.79 Å². The predicted molar refractivity (Wildman–Crippen MR) is 111 cm³/mol. The molecule has 0 aliphatic rings. The second kappa shape index (κ2) is 10.5. The van der Waals surface area contributed by atoms with Crippen LogP contribution >= 0.6 is 11.6 Å². The van der Waals surface area contributed by atoms with Crippen molar-refractivity contribution in [3.63, 3.8) is 0 Å². The maximum atomic E-state index is 12.9. The van der Waals surface area contributed by atoms with E-state index in [0.29, 0.717) is 0 Å². The highest BCUT2D eigenvalue weighted by atomic mass is 35.5. The number of carbonyl (C=O) groups excluding carboxylic acids is 3. The van der Waals surface area contributed by atoms with Crippen LogP contribution in [0.4, 0.5) is 5.69 Å². The van der Waals surface area contributed by atoms with Crippen LogP contribution in [0.25, 0.3) is 0 Å². The van der Waals surface area contributed by atoms with Crippen molar-refractivity contribution in [1.29, 1.82) is 0 Å². The molecule has 0 heterocycles. The highest BCUT2D eigenvalue weighted by Gasteiger charge is 2.22. The predicted octanol–water partition coefficient (Wildman–Crippen LogP) is 3.94. The van der Waals surface area contributed by atoms with Gasteiger partial charge < -0.3 is 10.1 Å². The first kappa shape index (κ1) is 23.0. The molecule has 0 aromatic heterocycles. The number of ketones is 1. The largest absolute Gasteiger partial charge is 0.452 e. The van der Waals surface area contributed by atoms with Crippen molar-refractivity contribution in [1.82, 2.24) is 5.32 Å². The minimum absolute atomic E-state index is 0.000443. The molecule has 158 valence electrons. The van der Waals surface area contributed by atoms with E-state index in [1.807, 2.05) is 13.8 Å². The minimum atomic E-state index is -0.845. The average Bonchev–Trinajstić information content (AvgIpc) is 2.75. The summed E-state index contributed by atoms with van der Waals surface area (Å²) in [4.78, 5) is 47.7. The first-order valence-electron chi connectivity index (χ1n) is 9.32. The maximum absolute atomic E-state index is 12.9. The summed E-state index contributed by atoms with van der Waals surface area (Å²) in [5.74, 6) is -1.89. The van der Waals surface area contributed by atoms with Crippen LogP contribution in [0.5, 0.6) is 0 Å². The van der Waals surface area contributed by atoms with E-state index in [2.05, 4.69) is 5.32 Å². The normalized spacial score (nSPS) is 10.5. The molecule has 0 spiro atoms. The van der Waals surface area contributed by atoms with Crippen molar-refractivity contribution in [2.24, 2.45) is 0 Å². The van der Waals surface area contributed by atoms with Gasteiger partial charge in [0.25, 0.3) is 11.6 Å². The van der Waals surface area contributed by atoms with E-state index in [1.165, 1.54) is 24.3 Å². The molecular formula is C21H21ClN2O6. The molecule has 2 rings (SSSR count). The van der Waals surface area contributed by atoms with Crippen LogP contribution in [0.15, 0.2) is 42.5 Å². The molecule has 0 saturated carbocycles. The van der Waals surface area contributed by atoms with Crippen LogP contribution in [0, 0.1) is 10.1 Å². The Balaban J connectivity index is 2.20. The lowest BCUT2D eigenvalue weighted by atomic mass is 9.98. The van der Waals surface area contributed by atoms with Crippen molar-refractivity contribution in [2.75, 3.05) is 6.61 Å². The molecule has 0 saturated heterocycles. The van der Waals surface area contributed by atoms with Crippen molar-refractivity contribution in [3.05, 3.63) is 74.3 Å². The van der Waals surface area contributed by atoms with Gasteiger partial charge in [-0.3, -0.25) is 19.7 Å². The zero-order valence-electron chi connectivity index (χ0n) is 16.5. The average molecular weight is 433 g/mol. The standard InChI is InChI=1S/C21H21ClN2O6/c1-3-14(4-2)23-19(25)12-30-21(27)16-8-6-5-7-15(16)20(26)13-9-10-17(22)18(11-13)24(28)29/h5-11,14H,3-4,12H2,1-2H3,(H,23,25). The van der Waals surface area contributed by atoms with Gasteiger partial charge in [-0.05, 0) is 31.0 Å². The number of benzene rings is 2. The van der Waals surface area contributed by atoms with E-state index in [9.17, 15) is 24.5 Å². The molecule has 8 nitrogen and oxygen atoms in total. The van der Waals surface area contributed by atoms with Crippen molar-refractivity contribution < 1.29 is 24.0 Å². The number of carbonyl (C=O) groups is 3. The third kappa shape index (κ3) is 5.64. The monoisotopic (exact) mass is 432 g/mol. The van der Waals surface area contributed by atoms with Gasteiger partial charge in [0.1, 0.15) is 5.02 Å². The molecule has 30 heavy (non-hydrogen) atoms. The number of hydrogen-bond donors (Lipinski definition) is 1. The molecule has 0 aliphatic carbocycles. The molecule has 0 fully saturated rings. The zero-order chi connectivity index (χ0) is 22.3. The Bertz CT molecular complexity index is 972. The molecule has 1 amide bonds. The molecular weight excluding hydrogens is 412 g/mol. The Labute approximate surface area is 178 Å². The Morgan fingerprint density at radius 1 is 1.10 bits per heavy atom. The van der Waals surface area contributed by atoms with E-state index >= 15 is 0 Å². The number of amides is 1. The number of hydrogen-bond acceptors (Lipinski definition) is 6. The van der Waals surface area contributed by atoms with Gasteiger partial charge in [-0.15, -0.1) is 0 Å². The van der Waals surface area contributed by atoms with Crippen molar-refractivity contribution >= 4 is 34.9 Å². The molecule has 0 radical (unpaired) electrons. The smallest absolute Gasteiger partial charge is 0.339 e. The minimum Gasteiger partial charge on any atom is -0.452 e. The quantitative estimate of drug-likeness (QED) is 0.277. The van der Waals surface area contributed by atoms with Gasteiger partial charge in [0.2, 0.25) is 0 Å². The molecule has 2 aromatic carbocycles. The summed E-state index contributed by atoms with van der Waals surface area (Å²) in [7, 11) is 0. The van der Waals surface area contributed by atoms with E-state index < -0.39 is 34.9 Å². The fraction of sp³-hybridized carbons (Fsp3) is 0.286. The van der Waals surface area contributed by atoms with Crippen LogP contribution in [0.1, 0.15) is 53.0 Å². The molecule has 9 heteroatoms. The van der Waals surface area contributed by atoms with Gasteiger partial charge in [0.05, 0.1) is 10.5 Å². The lowest BCUT2D eigenvalue weighted by Gasteiger charge is -2.15. The summed E-state index contributed by atoms with van der Waals surface area (Å²) >= 11 is 5.79. The number of rotatable bonds is 9. The summed E-state index contributed by atoms with van der Waals surface area (Å²) in [6.45, 7) is 3.39. The summed E-state index contributed by atoms with van der Waals surface area (Å²) in [5.41, 5.74) is -0.464. The van der Waals surface area contributed by atoms with Crippen LogP contribution in [0.2, 0.25) is 5.02 Å². The van der Waals surface area contributed by atoms with E-state index in [0.717, 1.165) is 18.9 Å². The Hall–Kier alpha value is -3.26. The SMILES string of the molecule is CCC(CC)NC(=O)COC(=O)c1ccccc1C(=O)c1ccc(Cl)c([N+](=O)[O-])c1. The summed E-state index contributed by atoms with van der Waals surface area (Å²) < 4.78 is 5.05. The number of ether oxygens (including phenoxy) is 1. The number of nitrogens with zero attached hydrogens (tertiary/aromatic N) is 1. The topological polar surface area (TPSA) is 116 Å². The molecule has 0 aliphatic heterocycles. The van der Waals surface area contributed by atoms with Crippen molar-refractivity contribution in [3.8, 4) is 0 Å². The van der Waals surface area contributed by atoms with E-state index in [1.54, 1.807) is 12.1 Å². The maximum Gasteiger partial charge on any atom is 0.339 e. The molecule has 0 unspecified atom stereocenters. The highest BCUT2D eigenvalue weighted by Crippen LogP contribution is 2.27. The van der Waals surface area contributed by atoms with Gasteiger partial charge >= 0.3 is 5.97 Å². The fourth-order valence-corrected chi connectivity index (χ4v) is 2.97. The number of halogens is 1. The van der Waals surface area contributed by atoms with Gasteiger partial charge in [0, 0.05) is 23.2 Å². The lowest BCUT2D eigenvalue weighted by molar-refractivity contribution is -0.384. The first-order chi connectivity index (χ1) is 14.3. The van der Waals surface area contributed by atoms with E-state index in [-0.39, 0.29) is 27.8 Å². The molecule has 0 bridgehead atoms. The first-order valence-corrected chi connectivity index (χ1v) is 9.70. The second-order valence-corrected chi connectivity index (χ2v) is 6.86. The number of nitro benzene ring substituents is 1. The third-order valence-corrected chi connectivity index (χ3v) is 4.80. The van der Waals surface area contributed by atoms with Crippen LogP contribution in [0.3, 0.4) is 0 Å². The third-order valence-electron chi connectivity index (χ3n) is 4.48. The summed E-state index contributed by atoms with van der Waals surface area (Å²) in [6, 6.07) is 9.51. The second-order valence-electron chi connectivity index (χ2n) is 6.46. The van der Waals surface area contributed by atoms with Crippen LogP contribution in [-0.4, -0.2) is 35.2 Å². The number of nitro groups is 1. The highest BCUT2D eigenvalue weighted by molar-refractivity contribution is 6.33. The van der Waals surface area contributed by atoms with Crippen LogP contribution in [-0.2, 0) is 9.53 Å². The molecule has 0 atom stereocenters. The van der Waals surface area contributed by atoms with E-state index in [4.69, 9.17) is 16.3 Å². The van der Waals surface area contributed by atoms with Crippen molar-refractivity contribution in [2.45, 2.75) is 32.7 Å². The zero-order valence-corrected chi connectivity index (χ0v) is 17.3. The molecule has 2 aromatic rings. The Kier molecular flexibility index (Phi) is 8.06. The fourth-order valence-electron chi connectivity index (χ4n) is 2.78. The summed E-state index contributed by atoms with van der Waals surface area (Å²) in [5, 5.41) is 13.7. The number of nitrogens with one attached hydrogen (secondary N) is 1. The van der Waals surface area contributed by atoms with Gasteiger partial charge in [0.15, 0.2) is 12.4 Å². The molecule has 1 N–H and O–H groups in total.